The van der Waals surface area contributed by atoms with Crippen LogP contribution in [0, 0.1) is 23.1 Å². The van der Waals surface area contributed by atoms with Gasteiger partial charge in [0.15, 0.2) is 9.04 Å². The maximum Gasteiger partial charge on any atom is 0.412 e. The predicted molar refractivity (Wildman–Crippen MR) is 167 cm³/mol. The number of hydrogen-bond acceptors (Lipinski definition) is 7. The summed E-state index contributed by atoms with van der Waals surface area (Å²) in [4.78, 5) is 48.2. The van der Waals surface area contributed by atoms with Crippen molar-refractivity contribution in [2.24, 2.45) is 17.3 Å². The Morgan fingerprint density at radius 1 is 1.02 bits per heavy atom. The van der Waals surface area contributed by atoms with Crippen molar-refractivity contribution < 1.29 is 36.3 Å². The lowest BCUT2D eigenvalue weighted by molar-refractivity contribution is -0.265. The van der Waals surface area contributed by atoms with Gasteiger partial charge in [-0.3, -0.25) is 24.5 Å². The molecule has 2 amide bonds. The number of aromatic nitrogens is 3. The average molecular weight is 666 g/mol. The van der Waals surface area contributed by atoms with Gasteiger partial charge in [-0.05, 0) is 54.9 Å². The lowest BCUT2D eigenvalue weighted by atomic mass is 9.70. The van der Waals surface area contributed by atoms with Gasteiger partial charge in [0.1, 0.15) is 42.1 Å². The van der Waals surface area contributed by atoms with E-state index in [1.54, 1.807) is 31.3 Å². The van der Waals surface area contributed by atoms with E-state index in [-0.39, 0.29) is 23.7 Å². The monoisotopic (exact) mass is 665 g/mol. The first kappa shape index (κ1) is 36.4. The number of nitrogens with one attached hydrogen (secondary N) is 2. The number of hydrogen-bond donors (Lipinski definition) is 2. The fourth-order valence-corrected chi connectivity index (χ4v) is 6.52. The number of ether oxygens (including phenoxy) is 1. The zero-order valence-corrected chi connectivity index (χ0v) is 27.9. The number of rotatable bonds is 11. The molecule has 0 aliphatic carbocycles. The van der Waals surface area contributed by atoms with Crippen LogP contribution in [0.2, 0.25) is 13.1 Å². The summed E-state index contributed by atoms with van der Waals surface area (Å²) in [5.41, 5.74) is -4.16. The van der Waals surface area contributed by atoms with Crippen molar-refractivity contribution in [2.75, 3.05) is 5.32 Å². The van der Waals surface area contributed by atoms with Gasteiger partial charge in [-0.15, -0.1) is 0 Å². The van der Waals surface area contributed by atoms with Crippen molar-refractivity contribution in [1.82, 2.24) is 19.9 Å². The van der Waals surface area contributed by atoms with Crippen LogP contribution in [0.15, 0.2) is 59.7 Å². The SMILES string of the molecule is CC(C)C(NC(=O)Cn1c(-c2ccc(F)cc2)ncc(NC(=O)OCc2ccccn2)c1=O)(O[SiH](C)C)C(C(C)(C)C)C(F)(F)F. The third-order valence-electron chi connectivity index (χ3n) is 7.01. The molecule has 3 rings (SSSR count). The first-order valence-corrected chi connectivity index (χ1v) is 17.4. The molecule has 0 aliphatic heterocycles. The smallest absolute Gasteiger partial charge is 0.412 e. The third-order valence-corrected chi connectivity index (χ3v) is 7.87. The Balaban J connectivity index is 2.05. The fraction of sp³-hybridized carbons (Fsp3) is 0.452. The van der Waals surface area contributed by atoms with Crippen LogP contribution >= 0.6 is 0 Å². The average Bonchev–Trinajstić information content (AvgIpc) is 2.93. The molecule has 15 heteroatoms. The number of benzene rings is 1. The van der Waals surface area contributed by atoms with Gasteiger partial charge < -0.3 is 14.5 Å². The molecule has 2 heterocycles. The van der Waals surface area contributed by atoms with E-state index in [2.05, 4.69) is 20.6 Å². The van der Waals surface area contributed by atoms with Crippen LogP contribution in [0.25, 0.3) is 11.4 Å². The minimum atomic E-state index is -4.77. The Morgan fingerprint density at radius 3 is 2.20 bits per heavy atom. The lowest BCUT2D eigenvalue weighted by Gasteiger charge is -2.51. The highest BCUT2D eigenvalue weighted by molar-refractivity contribution is 6.48. The highest BCUT2D eigenvalue weighted by atomic mass is 28.3. The summed E-state index contributed by atoms with van der Waals surface area (Å²) in [5.74, 6) is -4.60. The van der Waals surface area contributed by atoms with Crippen molar-refractivity contribution in [1.29, 1.82) is 0 Å². The molecule has 0 bridgehead atoms. The number of pyridine rings is 1. The molecule has 3 aromatic rings. The van der Waals surface area contributed by atoms with Crippen molar-refractivity contribution in [3.63, 3.8) is 0 Å². The normalized spacial score (nSPS) is 14.1. The molecule has 2 unspecified atom stereocenters. The second-order valence-corrected chi connectivity index (χ2v) is 14.8. The maximum atomic E-state index is 14.8. The molecule has 0 saturated heterocycles. The molecule has 10 nitrogen and oxygen atoms in total. The van der Waals surface area contributed by atoms with Crippen LogP contribution in [0.5, 0.6) is 0 Å². The van der Waals surface area contributed by atoms with Crippen LogP contribution < -0.4 is 16.2 Å². The molecule has 46 heavy (non-hydrogen) atoms. The number of alkyl halides is 3. The zero-order valence-electron chi connectivity index (χ0n) is 26.7. The zero-order chi connectivity index (χ0) is 34.4. The van der Waals surface area contributed by atoms with Gasteiger partial charge in [0.05, 0.1) is 11.9 Å². The summed E-state index contributed by atoms with van der Waals surface area (Å²) < 4.78 is 70.1. The first-order chi connectivity index (χ1) is 21.3. The molecule has 2 N–H and O–H groups in total. The number of halogens is 4. The molecular formula is C31H39F4N5O5Si. The van der Waals surface area contributed by atoms with Gasteiger partial charge in [0.25, 0.3) is 5.56 Å². The predicted octanol–water partition coefficient (Wildman–Crippen LogP) is 5.89. The topological polar surface area (TPSA) is 124 Å². The van der Waals surface area contributed by atoms with Crippen molar-refractivity contribution in [2.45, 2.75) is 72.8 Å². The van der Waals surface area contributed by atoms with E-state index in [9.17, 15) is 31.9 Å². The van der Waals surface area contributed by atoms with Gasteiger partial charge in [-0.25, -0.2) is 14.2 Å². The molecule has 250 valence electrons. The van der Waals surface area contributed by atoms with E-state index in [0.717, 1.165) is 22.9 Å². The Labute approximate surface area is 266 Å². The van der Waals surface area contributed by atoms with Crippen molar-refractivity contribution in [3.05, 3.63) is 76.7 Å². The Morgan fingerprint density at radius 2 is 1.67 bits per heavy atom. The number of anilines is 1. The molecule has 2 aromatic heterocycles. The quantitative estimate of drug-likeness (QED) is 0.149. The van der Waals surface area contributed by atoms with Crippen LogP contribution in [-0.2, 0) is 27.1 Å². The third kappa shape index (κ3) is 9.00. The van der Waals surface area contributed by atoms with Crippen molar-refractivity contribution in [3.8, 4) is 11.4 Å². The Hall–Kier alpha value is -4.11. The summed E-state index contributed by atoms with van der Waals surface area (Å²) in [7, 11) is -2.22. The summed E-state index contributed by atoms with van der Waals surface area (Å²) in [5, 5.41) is 4.81. The minimum absolute atomic E-state index is 0.0926. The Kier molecular flexibility index (Phi) is 11.5. The van der Waals surface area contributed by atoms with Crippen LogP contribution in [-0.4, -0.2) is 47.5 Å². The molecule has 0 fully saturated rings. The highest BCUT2D eigenvalue weighted by Crippen LogP contribution is 2.49. The summed E-state index contributed by atoms with van der Waals surface area (Å²) >= 11 is 0. The molecule has 0 radical (unpaired) electrons. The van der Waals surface area contributed by atoms with E-state index < -0.39 is 68.1 Å². The van der Waals surface area contributed by atoms with Crippen LogP contribution in [0.3, 0.4) is 0 Å². The highest BCUT2D eigenvalue weighted by Gasteiger charge is 2.61. The van der Waals surface area contributed by atoms with Crippen LogP contribution in [0.1, 0.15) is 40.3 Å². The maximum absolute atomic E-state index is 14.8. The van der Waals surface area contributed by atoms with E-state index in [0.29, 0.717) is 5.69 Å². The number of amides is 2. The van der Waals surface area contributed by atoms with E-state index in [1.807, 2.05) is 0 Å². The van der Waals surface area contributed by atoms with E-state index in [4.69, 9.17) is 9.16 Å². The summed E-state index contributed by atoms with van der Waals surface area (Å²) in [6.07, 6.45) is -3.22. The largest absolute Gasteiger partial charge is 0.443 e. The Bertz CT molecular complexity index is 1550. The molecule has 0 saturated carbocycles. The number of carbonyl (C=O) groups is 2. The first-order valence-electron chi connectivity index (χ1n) is 14.6. The second kappa shape index (κ2) is 14.5. The second-order valence-electron chi connectivity index (χ2n) is 12.4. The van der Waals surface area contributed by atoms with Gasteiger partial charge in [0.2, 0.25) is 5.91 Å². The van der Waals surface area contributed by atoms with Gasteiger partial charge >= 0.3 is 12.3 Å². The standard InChI is InChI=1S/C31H39F4N5O5Si/c1-19(2)30(45-46(6)7,27(29(3,4)5)31(33,34)35)39-24(41)17-40-25(20-11-13-21(32)14-12-20)37-16-23(26(40)42)38-28(43)44-18-22-10-8-9-15-36-22/h8-16,19,27,46H,17-18H2,1-7H3,(H,38,43)(H,39,41). The fourth-order valence-electron chi connectivity index (χ4n) is 5.27. The van der Waals surface area contributed by atoms with Crippen LogP contribution in [0.4, 0.5) is 28.0 Å². The van der Waals surface area contributed by atoms with E-state index >= 15 is 0 Å². The summed E-state index contributed by atoms with van der Waals surface area (Å²) in [6, 6.07) is 9.90. The summed E-state index contributed by atoms with van der Waals surface area (Å²) in [6.45, 7) is 9.71. The lowest BCUT2D eigenvalue weighted by Crippen LogP contribution is -2.67. The van der Waals surface area contributed by atoms with Crippen molar-refractivity contribution >= 4 is 26.7 Å². The van der Waals surface area contributed by atoms with E-state index in [1.165, 1.54) is 52.9 Å². The molecule has 2 atom stereocenters. The number of carbonyl (C=O) groups excluding carboxylic acids is 2. The van der Waals surface area contributed by atoms with Gasteiger partial charge in [-0.2, -0.15) is 13.2 Å². The van der Waals surface area contributed by atoms with Gasteiger partial charge in [0, 0.05) is 17.7 Å². The molecule has 0 aliphatic rings. The minimum Gasteiger partial charge on any atom is -0.443 e. The molecule has 1 aromatic carbocycles. The van der Waals surface area contributed by atoms with Gasteiger partial charge in [-0.1, -0.05) is 40.7 Å². The number of nitrogens with zero attached hydrogens (tertiary/aromatic N) is 3. The molecule has 0 spiro atoms. The molecular weight excluding hydrogens is 626 g/mol.